The van der Waals surface area contributed by atoms with Gasteiger partial charge in [0.15, 0.2) is 0 Å². The average molecular weight is 194 g/mol. The van der Waals surface area contributed by atoms with E-state index < -0.39 is 0 Å². The van der Waals surface area contributed by atoms with Gasteiger partial charge in [0.1, 0.15) is 0 Å². The van der Waals surface area contributed by atoms with Crippen molar-refractivity contribution in [3.05, 3.63) is 35.7 Å². The number of hydrogen-bond donors (Lipinski definition) is 0. The molecule has 0 amide bonds. The fourth-order valence-corrected chi connectivity index (χ4v) is 1.84. The van der Waals surface area contributed by atoms with E-state index in [1.165, 1.54) is 31.8 Å². The number of halogens is 1. The van der Waals surface area contributed by atoms with Gasteiger partial charge in [-0.2, -0.15) is 0 Å². The summed E-state index contributed by atoms with van der Waals surface area (Å²) in [6, 6.07) is 0. The lowest BCUT2D eigenvalue weighted by Crippen LogP contribution is -2.27. The van der Waals surface area contributed by atoms with Crippen LogP contribution in [0.1, 0.15) is 40.0 Å². The van der Waals surface area contributed by atoms with Gasteiger partial charge in [-0.25, -0.2) is 4.39 Å². The molecule has 78 valence electrons. The van der Waals surface area contributed by atoms with E-state index in [2.05, 4.69) is 13.0 Å². The Kier molecular flexibility index (Phi) is 3.68. The molecule has 0 unspecified atom stereocenters. The first-order chi connectivity index (χ1) is 6.58. The van der Waals surface area contributed by atoms with Crippen molar-refractivity contribution in [1.29, 1.82) is 0 Å². The Morgan fingerprint density at radius 1 is 1.29 bits per heavy atom. The first-order valence-corrected chi connectivity index (χ1v) is 5.26. The zero-order chi connectivity index (χ0) is 10.6. The topological polar surface area (TPSA) is 0 Å². The second-order valence-corrected chi connectivity index (χ2v) is 4.29. The van der Waals surface area contributed by atoms with Crippen molar-refractivity contribution in [2.24, 2.45) is 5.41 Å². The highest BCUT2D eigenvalue weighted by molar-refractivity contribution is 5.32. The van der Waals surface area contributed by atoms with E-state index in [1.807, 2.05) is 19.1 Å². The molecule has 1 fully saturated rings. The normalized spacial score (nSPS) is 22.6. The average Bonchev–Trinajstić information content (AvgIpc) is 2.08. The Hall–Kier alpha value is -0.850. The van der Waals surface area contributed by atoms with Crippen molar-refractivity contribution in [3.8, 4) is 0 Å². The molecule has 0 spiro atoms. The van der Waals surface area contributed by atoms with E-state index in [0.717, 1.165) is 0 Å². The molecule has 0 atom stereocenters. The highest BCUT2D eigenvalue weighted by atomic mass is 19.1. The molecule has 0 aromatic heterocycles. The smallest absolute Gasteiger partial charge is 0.0968 e. The summed E-state index contributed by atoms with van der Waals surface area (Å²) in [5.74, 6) is -0.130. The molecule has 0 saturated heterocycles. The van der Waals surface area contributed by atoms with Crippen LogP contribution in [0.2, 0.25) is 0 Å². The van der Waals surface area contributed by atoms with E-state index in [1.54, 1.807) is 6.08 Å². The van der Waals surface area contributed by atoms with Crippen LogP contribution in [0, 0.1) is 5.41 Å². The molecule has 0 N–H and O–H groups in total. The third-order valence-corrected chi connectivity index (χ3v) is 2.99. The number of rotatable bonds is 3. The van der Waals surface area contributed by atoms with Gasteiger partial charge in [-0.15, -0.1) is 0 Å². The van der Waals surface area contributed by atoms with Gasteiger partial charge in [-0.1, -0.05) is 31.6 Å². The maximum absolute atomic E-state index is 12.6. The minimum Gasteiger partial charge on any atom is -0.212 e. The Morgan fingerprint density at radius 2 is 1.93 bits per heavy atom. The maximum Gasteiger partial charge on any atom is 0.0968 e. The lowest BCUT2D eigenvalue weighted by molar-refractivity contribution is 0.220. The zero-order valence-electron chi connectivity index (χ0n) is 9.31. The Balaban J connectivity index is 2.83. The molecule has 0 aliphatic heterocycles. The van der Waals surface area contributed by atoms with Crippen LogP contribution in [0.15, 0.2) is 35.7 Å². The summed E-state index contributed by atoms with van der Waals surface area (Å²) >= 11 is 0. The van der Waals surface area contributed by atoms with E-state index in [9.17, 15) is 4.39 Å². The van der Waals surface area contributed by atoms with E-state index in [-0.39, 0.29) is 5.83 Å². The Labute approximate surface area is 86.2 Å². The fraction of sp³-hybridized carbons (Fsp3) is 0.538. The molecular formula is C13H19F. The first kappa shape index (κ1) is 11.2. The highest BCUT2D eigenvalue weighted by Crippen LogP contribution is 2.47. The second-order valence-electron chi connectivity index (χ2n) is 4.29. The monoisotopic (exact) mass is 194 g/mol. The van der Waals surface area contributed by atoms with Gasteiger partial charge in [-0.05, 0) is 43.8 Å². The van der Waals surface area contributed by atoms with Gasteiger partial charge in [0.05, 0.1) is 5.83 Å². The van der Waals surface area contributed by atoms with Gasteiger partial charge >= 0.3 is 0 Å². The van der Waals surface area contributed by atoms with Crippen LogP contribution in [0.3, 0.4) is 0 Å². The van der Waals surface area contributed by atoms with Crippen molar-refractivity contribution < 1.29 is 4.39 Å². The largest absolute Gasteiger partial charge is 0.212 e. The van der Waals surface area contributed by atoms with Gasteiger partial charge < -0.3 is 0 Å². The van der Waals surface area contributed by atoms with E-state index in [0.29, 0.717) is 5.41 Å². The Morgan fingerprint density at radius 3 is 2.29 bits per heavy atom. The molecule has 1 saturated carbocycles. The van der Waals surface area contributed by atoms with Crippen molar-refractivity contribution >= 4 is 0 Å². The molecule has 14 heavy (non-hydrogen) atoms. The summed E-state index contributed by atoms with van der Waals surface area (Å²) in [5.41, 5.74) is 1.54. The minimum atomic E-state index is -0.130. The predicted octanol–water partition coefficient (Wildman–Crippen LogP) is 4.55. The summed E-state index contributed by atoms with van der Waals surface area (Å²) in [6.45, 7) is 5.73. The molecule has 1 aliphatic rings. The molecule has 0 heterocycles. The molecular weight excluding hydrogens is 175 g/mol. The van der Waals surface area contributed by atoms with Crippen LogP contribution in [-0.2, 0) is 0 Å². The van der Waals surface area contributed by atoms with Gasteiger partial charge in [0.2, 0.25) is 0 Å². The SMILES string of the molecule is C\C=C/C(=C\C=C(/C)F)C1(C)CCC1. The predicted molar refractivity (Wildman–Crippen MR) is 59.7 cm³/mol. The number of hydrogen-bond acceptors (Lipinski definition) is 0. The standard InChI is InChI=1S/C13H19F/c1-4-6-12(8-7-11(2)14)13(3)9-5-10-13/h4,6-8H,5,9-10H2,1-3H3/b6-4-,11-7+,12-8+. The molecule has 1 aliphatic carbocycles. The number of allylic oxidation sites excluding steroid dienone is 6. The van der Waals surface area contributed by atoms with Crippen LogP contribution in [0.4, 0.5) is 4.39 Å². The van der Waals surface area contributed by atoms with Crippen molar-refractivity contribution in [1.82, 2.24) is 0 Å². The van der Waals surface area contributed by atoms with Crippen molar-refractivity contribution in [2.45, 2.75) is 40.0 Å². The van der Waals surface area contributed by atoms with Gasteiger partial charge in [0, 0.05) is 0 Å². The summed E-state index contributed by atoms with van der Waals surface area (Å²) < 4.78 is 12.6. The van der Waals surface area contributed by atoms with Crippen molar-refractivity contribution in [2.75, 3.05) is 0 Å². The van der Waals surface area contributed by atoms with Crippen LogP contribution in [0.5, 0.6) is 0 Å². The molecule has 1 heteroatoms. The molecule has 0 bridgehead atoms. The minimum absolute atomic E-state index is 0.130. The lowest BCUT2D eigenvalue weighted by atomic mass is 9.65. The van der Waals surface area contributed by atoms with E-state index in [4.69, 9.17) is 0 Å². The van der Waals surface area contributed by atoms with Crippen molar-refractivity contribution in [3.63, 3.8) is 0 Å². The summed E-state index contributed by atoms with van der Waals surface area (Å²) in [6.07, 6.45) is 11.3. The van der Waals surface area contributed by atoms with E-state index >= 15 is 0 Å². The van der Waals surface area contributed by atoms with Crippen LogP contribution in [0.25, 0.3) is 0 Å². The van der Waals surface area contributed by atoms with Crippen LogP contribution in [-0.4, -0.2) is 0 Å². The van der Waals surface area contributed by atoms with Gasteiger partial charge in [0.25, 0.3) is 0 Å². The molecule has 1 rings (SSSR count). The van der Waals surface area contributed by atoms with Crippen LogP contribution < -0.4 is 0 Å². The molecule has 0 aromatic carbocycles. The maximum atomic E-state index is 12.6. The Bertz CT molecular complexity index is 274. The van der Waals surface area contributed by atoms with Crippen LogP contribution >= 0.6 is 0 Å². The summed E-state index contributed by atoms with van der Waals surface area (Å²) in [5, 5.41) is 0. The zero-order valence-corrected chi connectivity index (χ0v) is 9.31. The fourth-order valence-electron chi connectivity index (χ4n) is 1.84. The third-order valence-electron chi connectivity index (χ3n) is 2.99. The van der Waals surface area contributed by atoms with Gasteiger partial charge in [-0.3, -0.25) is 0 Å². The summed E-state index contributed by atoms with van der Waals surface area (Å²) in [4.78, 5) is 0. The quantitative estimate of drug-likeness (QED) is 0.578. The molecule has 0 radical (unpaired) electrons. The summed E-state index contributed by atoms with van der Waals surface area (Å²) in [7, 11) is 0. The third kappa shape index (κ3) is 2.57. The molecule has 0 nitrogen and oxygen atoms in total. The lowest BCUT2D eigenvalue weighted by Gasteiger charge is -2.39. The molecule has 0 aromatic rings. The highest BCUT2D eigenvalue weighted by Gasteiger charge is 2.33. The second kappa shape index (κ2) is 4.59. The first-order valence-electron chi connectivity index (χ1n) is 5.26.